The number of hydrogen-bond acceptors (Lipinski definition) is 3. The van der Waals surface area contributed by atoms with Crippen molar-refractivity contribution in [2.75, 3.05) is 7.05 Å². The SMILES string of the molecule is CN1C2CCC1CC(n1ncc3cc(OC(F)F)ccc31)C2. The van der Waals surface area contributed by atoms with Crippen molar-refractivity contribution in [3.8, 4) is 5.75 Å². The molecule has 1 aromatic carbocycles. The molecule has 2 aromatic rings. The van der Waals surface area contributed by atoms with Crippen LogP contribution < -0.4 is 4.74 Å². The molecular formula is C16H19F2N3O. The summed E-state index contributed by atoms with van der Waals surface area (Å²) in [5.74, 6) is 0.186. The van der Waals surface area contributed by atoms with Gasteiger partial charge in [-0.1, -0.05) is 0 Å². The summed E-state index contributed by atoms with van der Waals surface area (Å²) in [5.41, 5.74) is 0.996. The number of benzene rings is 1. The Balaban J connectivity index is 1.63. The third-order valence-electron chi connectivity index (χ3n) is 5.21. The molecule has 4 nitrogen and oxygen atoms in total. The molecule has 0 aliphatic carbocycles. The predicted molar refractivity (Wildman–Crippen MR) is 79.2 cm³/mol. The lowest BCUT2D eigenvalue weighted by Gasteiger charge is -2.36. The quantitative estimate of drug-likeness (QED) is 0.870. The molecule has 2 aliphatic rings. The number of hydrogen-bond donors (Lipinski definition) is 0. The minimum Gasteiger partial charge on any atom is -0.435 e. The average Bonchev–Trinajstić information content (AvgIpc) is 2.95. The van der Waals surface area contributed by atoms with Crippen LogP contribution >= 0.6 is 0 Å². The standard InChI is InChI=1S/C16H19F2N3O/c1-20-11-2-3-12(20)8-13(7-11)21-15-5-4-14(22-16(17)18)6-10(15)9-19-21/h4-6,9,11-13,16H,2-3,7-8H2,1H3. The van der Waals surface area contributed by atoms with Crippen LogP contribution in [0.3, 0.4) is 0 Å². The van der Waals surface area contributed by atoms with Gasteiger partial charge in [0, 0.05) is 17.5 Å². The highest BCUT2D eigenvalue weighted by Gasteiger charge is 2.39. The molecule has 2 fully saturated rings. The first kappa shape index (κ1) is 13.9. The molecule has 2 aliphatic heterocycles. The molecular weight excluding hydrogens is 288 g/mol. The number of alkyl halides is 2. The van der Waals surface area contributed by atoms with Crippen LogP contribution in [0, 0.1) is 0 Å². The van der Waals surface area contributed by atoms with Crippen LogP contribution in [0.2, 0.25) is 0 Å². The van der Waals surface area contributed by atoms with Gasteiger partial charge in [-0.25, -0.2) is 0 Å². The van der Waals surface area contributed by atoms with E-state index in [-0.39, 0.29) is 5.75 Å². The minimum absolute atomic E-state index is 0.186. The van der Waals surface area contributed by atoms with E-state index in [1.165, 1.54) is 12.8 Å². The zero-order valence-electron chi connectivity index (χ0n) is 12.5. The second kappa shape index (κ2) is 5.19. The topological polar surface area (TPSA) is 30.3 Å². The molecule has 0 radical (unpaired) electrons. The summed E-state index contributed by atoms with van der Waals surface area (Å²) in [5, 5.41) is 5.37. The molecule has 118 valence electrons. The van der Waals surface area contributed by atoms with Gasteiger partial charge in [-0.15, -0.1) is 0 Å². The van der Waals surface area contributed by atoms with Crippen LogP contribution in [-0.4, -0.2) is 40.4 Å². The van der Waals surface area contributed by atoms with Crippen molar-refractivity contribution >= 4 is 10.9 Å². The Morgan fingerprint density at radius 3 is 2.59 bits per heavy atom. The van der Waals surface area contributed by atoms with E-state index < -0.39 is 6.61 Å². The van der Waals surface area contributed by atoms with Crippen LogP contribution in [0.5, 0.6) is 5.75 Å². The normalized spacial score (nSPS) is 28.6. The van der Waals surface area contributed by atoms with Gasteiger partial charge in [-0.3, -0.25) is 4.68 Å². The maximum absolute atomic E-state index is 12.3. The molecule has 2 unspecified atom stereocenters. The zero-order chi connectivity index (χ0) is 15.3. The van der Waals surface area contributed by atoms with E-state index in [0.717, 1.165) is 23.7 Å². The van der Waals surface area contributed by atoms with E-state index in [0.29, 0.717) is 18.1 Å². The van der Waals surface area contributed by atoms with E-state index >= 15 is 0 Å². The van der Waals surface area contributed by atoms with Gasteiger partial charge in [0.15, 0.2) is 0 Å². The second-order valence-electron chi connectivity index (χ2n) is 6.36. The lowest BCUT2D eigenvalue weighted by Crippen LogP contribution is -2.40. The van der Waals surface area contributed by atoms with Crippen LogP contribution in [0.4, 0.5) is 8.78 Å². The first-order chi connectivity index (χ1) is 10.6. The lowest BCUT2D eigenvalue weighted by molar-refractivity contribution is -0.0497. The van der Waals surface area contributed by atoms with Gasteiger partial charge in [0.25, 0.3) is 0 Å². The van der Waals surface area contributed by atoms with Gasteiger partial charge >= 0.3 is 6.61 Å². The molecule has 1 aromatic heterocycles. The Morgan fingerprint density at radius 2 is 1.91 bits per heavy atom. The Hall–Kier alpha value is -1.69. The van der Waals surface area contributed by atoms with E-state index in [2.05, 4.69) is 26.5 Å². The van der Waals surface area contributed by atoms with Gasteiger partial charge in [-0.2, -0.15) is 13.9 Å². The summed E-state index contributed by atoms with van der Waals surface area (Å²) in [4.78, 5) is 2.50. The molecule has 0 saturated carbocycles. The van der Waals surface area contributed by atoms with Crippen molar-refractivity contribution in [3.63, 3.8) is 0 Å². The van der Waals surface area contributed by atoms with E-state index in [9.17, 15) is 8.78 Å². The van der Waals surface area contributed by atoms with Gasteiger partial charge in [0.1, 0.15) is 5.75 Å². The maximum Gasteiger partial charge on any atom is 0.387 e. The summed E-state index contributed by atoms with van der Waals surface area (Å²) in [7, 11) is 2.22. The Bertz CT molecular complexity index is 673. The molecule has 0 spiro atoms. The average molecular weight is 307 g/mol. The van der Waals surface area contributed by atoms with E-state index in [1.807, 2.05) is 6.07 Å². The van der Waals surface area contributed by atoms with Gasteiger partial charge in [0.2, 0.25) is 0 Å². The summed E-state index contributed by atoms with van der Waals surface area (Å²) in [6, 6.07) is 6.74. The molecule has 3 heterocycles. The van der Waals surface area contributed by atoms with E-state index in [4.69, 9.17) is 0 Å². The van der Waals surface area contributed by atoms with Gasteiger partial charge in [-0.05, 0) is 50.9 Å². The largest absolute Gasteiger partial charge is 0.435 e. The van der Waals surface area contributed by atoms with Crippen LogP contribution in [0.25, 0.3) is 10.9 Å². The highest BCUT2D eigenvalue weighted by molar-refractivity contribution is 5.80. The zero-order valence-corrected chi connectivity index (χ0v) is 12.5. The number of aromatic nitrogens is 2. The fourth-order valence-corrected chi connectivity index (χ4v) is 4.08. The van der Waals surface area contributed by atoms with Gasteiger partial charge < -0.3 is 9.64 Å². The van der Waals surface area contributed by atoms with E-state index in [1.54, 1.807) is 18.3 Å². The third kappa shape index (κ3) is 2.26. The highest BCUT2D eigenvalue weighted by atomic mass is 19.3. The second-order valence-corrected chi connectivity index (χ2v) is 6.36. The lowest BCUT2D eigenvalue weighted by atomic mass is 9.98. The maximum atomic E-state index is 12.3. The number of ether oxygens (including phenoxy) is 1. The Morgan fingerprint density at radius 1 is 1.18 bits per heavy atom. The molecule has 2 atom stereocenters. The molecule has 0 amide bonds. The first-order valence-corrected chi connectivity index (χ1v) is 7.76. The number of halogens is 2. The predicted octanol–water partition coefficient (Wildman–Crippen LogP) is 3.44. The van der Waals surface area contributed by atoms with Gasteiger partial charge in [0.05, 0.1) is 17.8 Å². The fraction of sp³-hybridized carbons (Fsp3) is 0.562. The van der Waals surface area contributed by atoms with Crippen molar-refractivity contribution in [1.29, 1.82) is 0 Å². The molecule has 4 rings (SSSR count). The smallest absolute Gasteiger partial charge is 0.387 e. The molecule has 2 saturated heterocycles. The number of rotatable bonds is 3. The van der Waals surface area contributed by atoms with Crippen LogP contribution in [-0.2, 0) is 0 Å². The summed E-state index contributed by atoms with van der Waals surface area (Å²) < 4.78 is 31.1. The number of nitrogens with zero attached hydrogens (tertiary/aromatic N) is 3. The van der Waals surface area contributed by atoms with Crippen molar-refractivity contribution in [2.45, 2.75) is 50.4 Å². The van der Waals surface area contributed by atoms with Crippen molar-refractivity contribution < 1.29 is 13.5 Å². The highest BCUT2D eigenvalue weighted by Crippen LogP contribution is 2.40. The fourth-order valence-electron chi connectivity index (χ4n) is 4.08. The first-order valence-electron chi connectivity index (χ1n) is 7.76. The van der Waals surface area contributed by atoms with Crippen molar-refractivity contribution in [2.24, 2.45) is 0 Å². The Labute approximate surface area is 127 Å². The van der Waals surface area contributed by atoms with Crippen molar-refractivity contribution in [1.82, 2.24) is 14.7 Å². The van der Waals surface area contributed by atoms with Crippen LogP contribution in [0.15, 0.2) is 24.4 Å². The monoisotopic (exact) mass is 307 g/mol. The minimum atomic E-state index is -2.79. The molecule has 0 N–H and O–H groups in total. The molecule has 6 heteroatoms. The summed E-state index contributed by atoms with van der Waals surface area (Å²) in [6.07, 6.45) is 6.50. The van der Waals surface area contributed by atoms with Crippen molar-refractivity contribution in [3.05, 3.63) is 24.4 Å². The molecule has 22 heavy (non-hydrogen) atoms. The number of fused-ring (bicyclic) bond motifs is 3. The summed E-state index contributed by atoms with van der Waals surface area (Å²) >= 11 is 0. The molecule has 2 bridgehead atoms. The summed E-state index contributed by atoms with van der Waals surface area (Å²) in [6.45, 7) is -2.79. The Kier molecular flexibility index (Phi) is 3.29. The van der Waals surface area contributed by atoms with Crippen LogP contribution in [0.1, 0.15) is 31.7 Å². The number of piperidine rings is 1. The third-order valence-corrected chi connectivity index (χ3v) is 5.21.